The van der Waals surface area contributed by atoms with E-state index in [1.807, 2.05) is 13.8 Å². The van der Waals surface area contributed by atoms with Crippen molar-refractivity contribution in [3.05, 3.63) is 47.1 Å². The van der Waals surface area contributed by atoms with Gasteiger partial charge in [-0.25, -0.2) is 0 Å². The summed E-state index contributed by atoms with van der Waals surface area (Å²) in [6.07, 6.45) is 0.866. The van der Waals surface area contributed by atoms with E-state index in [1.54, 1.807) is 7.11 Å². The van der Waals surface area contributed by atoms with E-state index in [4.69, 9.17) is 9.26 Å². The first kappa shape index (κ1) is 13.3. The maximum Gasteiger partial charge on any atom is 0.244 e. The molecule has 1 aliphatic heterocycles. The first-order valence-electron chi connectivity index (χ1n) is 6.79. The number of nitrogens with one attached hydrogen (secondary N) is 1. The Hall–Kier alpha value is -1.72. The van der Waals surface area contributed by atoms with Crippen LogP contribution in [-0.4, -0.2) is 17.3 Å². The molecule has 2 aromatic rings. The van der Waals surface area contributed by atoms with Crippen LogP contribution in [0.3, 0.4) is 0 Å². The molecule has 1 atom stereocenters. The van der Waals surface area contributed by atoms with E-state index in [2.05, 4.69) is 39.7 Å². The summed E-state index contributed by atoms with van der Waals surface area (Å²) in [5, 5.41) is 7.48. The average molecular weight is 273 g/mol. The monoisotopic (exact) mass is 273 g/mol. The van der Waals surface area contributed by atoms with Crippen LogP contribution in [0.1, 0.15) is 42.7 Å². The van der Waals surface area contributed by atoms with Crippen LogP contribution in [0.4, 0.5) is 0 Å². The topological polar surface area (TPSA) is 60.2 Å². The van der Waals surface area contributed by atoms with Crippen LogP contribution in [0.5, 0.6) is 0 Å². The zero-order chi connectivity index (χ0) is 14.2. The number of fused-ring (bicyclic) bond motifs is 1. The fourth-order valence-corrected chi connectivity index (χ4v) is 2.34. The van der Waals surface area contributed by atoms with Gasteiger partial charge in [-0.05, 0) is 31.4 Å². The number of rotatable bonds is 3. The third-order valence-corrected chi connectivity index (χ3v) is 3.87. The van der Waals surface area contributed by atoms with Gasteiger partial charge in [-0.1, -0.05) is 29.4 Å². The molecule has 1 aromatic carbocycles. The van der Waals surface area contributed by atoms with Crippen molar-refractivity contribution in [1.29, 1.82) is 0 Å². The molecule has 5 heteroatoms. The Bertz CT molecular complexity index is 607. The Morgan fingerprint density at radius 3 is 2.80 bits per heavy atom. The van der Waals surface area contributed by atoms with Gasteiger partial charge in [0.05, 0.1) is 6.04 Å². The molecule has 3 rings (SSSR count). The Kier molecular flexibility index (Phi) is 3.31. The number of ether oxygens (including phenoxy) is 1. The summed E-state index contributed by atoms with van der Waals surface area (Å²) in [6, 6.07) is 8.49. The predicted molar refractivity (Wildman–Crippen MR) is 74.1 cm³/mol. The Morgan fingerprint density at radius 2 is 2.05 bits per heavy atom. The predicted octanol–water partition coefficient (Wildman–Crippen LogP) is 2.34. The quantitative estimate of drug-likeness (QED) is 0.930. The largest absolute Gasteiger partial charge is 0.371 e. The molecule has 0 saturated carbocycles. The van der Waals surface area contributed by atoms with Gasteiger partial charge in [0.2, 0.25) is 11.7 Å². The van der Waals surface area contributed by atoms with E-state index in [0.717, 1.165) is 13.0 Å². The van der Waals surface area contributed by atoms with Crippen LogP contribution in [-0.2, 0) is 23.3 Å². The summed E-state index contributed by atoms with van der Waals surface area (Å²) >= 11 is 0. The van der Waals surface area contributed by atoms with Gasteiger partial charge in [-0.2, -0.15) is 4.98 Å². The molecule has 0 radical (unpaired) electrons. The maximum atomic E-state index is 5.40. The standard InChI is InChI=1S/C15H19N3O2/c1-15(2,19-3)14-17-13(20-18-14)12-8-10-6-4-5-7-11(10)9-16-12/h4-7,12,16H,8-9H2,1-3H3/t12-/m0/s1. The average Bonchev–Trinajstić information content (AvgIpc) is 2.97. The van der Waals surface area contributed by atoms with Gasteiger partial charge in [-0.15, -0.1) is 0 Å². The molecule has 1 N–H and O–H groups in total. The Labute approximate surface area is 118 Å². The second-order valence-electron chi connectivity index (χ2n) is 5.58. The minimum Gasteiger partial charge on any atom is -0.371 e. The molecule has 0 spiro atoms. The van der Waals surface area contributed by atoms with Crippen molar-refractivity contribution in [3.63, 3.8) is 0 Å². The number of hydrogen-bond donors (Lipinski definition) is 1. The summed E-state index contributed by atoms with van der Waals surface area (Å²) in [5.41, 5.74) is 2.14. The first-order chi connectivity index (χ1) is 9.60. The fraction of sp³-hybridized carbons (Fsp3) is 0.467. The number of hydrogen-bond acceptors (Lipinski definition) is 5. The second-order valence-corrected chi connectivity index (χ2v) is 5.58. The third kappa shape index (κ3) is 2.34. The zero-order valence-corrected chi connectivity index (χ0v) is 12.0. The molecule has 2 heterocycles. The van der Waals surface area contributed by atoms with Crippen LogP contribution < -0.4 is 5.32 Å². The van der Waals surface area contributed by atoms with Gasteiger partial charge in [0.15, 0.2) is 0 Å². The summed E-state index contributed by atoms with van der Waals surface area (Å²) in [4.78, 5) is 4.48. The van der Waals surface area contributed by atoms with E-state index < -0.39 is 5.60 Å². The highest BCUT2D eigenvalue weighted by molar-refractivity contribution is 5.30. The van der Waals surface area contributed by atoms with E-state index in [9.17, 15) is 0 Å². The van der Waals surface area contributed by atoms with Gasteiger partial charge >= 0.3 is 0 Å². The lowest BCUT2D eigenvalue weighted by Crippen LogP contribution is -2.29. The van der Waals surface area contributed by atoms with E-state index in [-0.39, 0.29) is 6.04 Å². The summed E-state index contributed by atoms with van der Waals surface area (Å²) < 4.78 is 10.8. The molecular weight excluding hydrogens is 254 g/mol. The summed E-state index contributed by atoms with van der Waals surface area (Å²) in [6.45, 7) is 4.67. The van der Waals surface area contributed by atoms with Crippen molar-refractivity contribution in [3.8, 4) is 0 Å². The fourth-order valence-electron chi connectivity index (χ4n) is 2.34. The Balaban J connectivity index is 1.82. The molecule has 0 bridgehead atoms. The number of benzene rings is 1. The molecule has 0 amide bonds. The van der Waals surface area contributed by atoms with Crippen molar-refractivity contribution in [2.75, 3.05) is 7.11 Å². The molecule has 20 heavy (non-hydrogen) atoms. The van der Waals surface area contributed by atoms with Gasteiger partial charge < -0.3 is 14.6 Å². The van der Waals surface area contributed by atoms with Crippen molar-refractivity contribution in [1.82, 2.24) is 15.5 Å². The molecule has 1 aliphatic rings. The van der Waals surface area contributed by atoms with E-state index >= 15 is 0 Å². The van der Waals surface area contributed by atoms with Crippen LogP contribution >= 0.6 is 0 Å². The molecular formula is C15H19N3O2. The SMILES string of the molecule is COC(C)(C)c1noc([C@@H]2Cc3ccccc3CN2)n1. The van der Waals surface area contributed by atoms with E-state index in [1.165, 1.54) is 11.1 Å². The lowest BCUT2D eigenvalue weighted by atomic mass is 9.96. The van der Waals surface area contributed by atoms with Gasteiger partial charge in [0, 0.05) is 13.7 Å². The van der Waals surface area contributed by atoms with E-state index in [0.29, 0.717) is 11.7 Å². The van der Waals surface area contributed by atoms with Crippen molar-refractivity contribution < 1.29 is 9.26 Å². The van der Waals surface area contributed by atoms with Crippen molar-refractivity contribution in [2.24, 2.45) is 0 Å². The molecule has 0 unspecified atom stereocenters. The van der Waals surface area contributed by atoms with Crippen molar-refractivity contribution in [2.45, 2.75) is 38.5 Å². The second kappa shape index (κ2) is 5.00. The minimum atomic E-state index is -0.533. The van der Waals surface area contributed by atoms with Crippen LogP contribution in [0.15, 0.2) is 28.8 Å². The smallest absolute Gasteiger partial charge is 0.244 e. The van der Waals surface area contributed by atoms with Crippen molar-refractivity contribution >= 4 is 0 Å². The summed E-state index contributed by atoms with van der Waals surface area (Å²) in [7, 11) is 1.64. The minimum absolute atomic E-state index is 0.0683. The lowest BCUT2D eigenvalue weighted by Gasteiger charge is -2.23. The highest BCUT2D eigenvalue weighted by Crippen LogP contribution is 2.27. The molecule has 5 nitrogen and oxygen atoms in total. The van der Waals surface area contributed by atoms with Crippen LogP contribution in [0.25, 0.3) is 0 Å². The molecule has 0 fully saturated rings. The number of aromatic nitrogens is 2. The normalized spacial score (nSPS) is 18.9. The third-order valence-electron chi connectivity index (χ3n) is 3.87. The zero-order valence-electron chi connectivity index (χ0n) is 12.0. The maximum absolute atomic E-state index is 5.40. The van der Waals surface area contributed by atoms with Gasteiger partial charge in [0.1, 0.15) is 5.60 Å². The Morgan fingerprint density at radius 1 is 1.30 bits per heavy atom. The van der Waals surface area contributed by atoms with Crippen LogP contribution in [0.2, 0.25) is 0 Å². The number of nitrogens with zero attached hydrogens (tertiary/aromatic N) is 2. The van der Waals surface area contributed by atoms with Gasteiger partial charge in [-0.3, -0.25) is 0 Å². The van der Waals surface area contributed by atoms with Crippen LogP contribution in [0, 0.1) is 0 Å². The lowest BCUT2D eigenvalue weighted by molar-refractivity contribution is 0.00973. The highest BCUT2D eigenvalue weighted by Gasteiger charge is 2.29. The number of methoxy groups -OCH3 is 1. The first-order valence-corrected chi connectivity index (χ1v) is 6.79. The molecule has 1 aromatic heterocycles. The molecule has 0 saturated heterocycles. The molecule has 0 aliphatic carbocycles. The highest BCUT2D eigenvalue weighted by atomic mass is 16.5. The van der Waals surface area contributed by atoms with Gasteiger partial charge in [0.25, 0.3) is 0 Å². The summed E-state index contributed by atoms with van der Waals surface area (Å²) in [5.74, 6) is 1.20. The molecule has 106 valence electrons.